The molecule has 1 atom stereocenters. The summed E-state index contributed by atoms with van der Waals surface area (Å²) in [5, 5.41) is -0.212. The van der Waals surface area contributed by atoms with E-state index in [-0.39, 0.29) is 24.9 Å². The molecule has 8 heteroatoms. The lowest BCUT2D eigenvalue weighted by molar-refractivity contribution is 0.202. The summed E-state index contributed by atoms with van der Waals surface area (Å²) in [6, 6.07) is 0. The molecule has 0 aliphatic heterocycles. The summed E-state index contributed by atoms with van der Waals surface area (Å²) < 4.78 is 47.0. The van der Waals surface area contributed by atoms with Crippen LogP contribution in [0.4, 0.5) is 0 Å². The fourth-order valence-electron chi connectivity index (χ4n) is 1.56. The predicted molar refractivity (Wildman–Crippen MR) is 93.9 cm³/mol. The standard InChI is InChI=1S/C15H32O6P2/c1-6-9-12-19-22(16,18-5)15(4)23(17,20-13-10-7-2)21-14-11-8-3/h4,6-14H2,1-3,5H3. The Morgan fingerprint density at radius 1 is 0.783 bits per heavy atom. The van der Waals surface area contributed by atoms with Crippen molar-refractivity contribution in [3.8, 4) is 0 Å². The van der Waals surface area contributed by atoms with Crippen molar-refractivity contribution >= 4 is 15.2 Å². The highest BCUT2D eigenvalue weighted by Crippen LogP contribution is 2.73. The normalized spacial score (nSPS) is 14.6. The molecule has 0 aliphatic rings. The summed E-state index contributed by atoms with van der Waals surface area (Å²) in [7, 11) is -6.26. The van der Waals surface area contributed by atoms with Gasteiger partial charge in [0.05, 0.1) is 19.8 Å². The van der Waals surface area contributed by atoms with Crippen LogP contribution in [0, 0.1) is 0 Å². The van der Waals surface area contributed by atoms with Crippen LogP contribution in [0.5, 0.6) is 0 Å². The van der Waals surface area contributed by atoms with Gasteiger partial charge < -0.3 is 18.1 Å². The van der Waals surface area contributed by atoms with Crippen LogP contribution >= 0.6 is 15.2 Å². The van der Waals surface area contributed by atoms with Gasteiger partial charge in [-0.1, -0.05) is 46.6 Å². The average molecular weight is 370 g/mol. The van der Waals surface area contributed by atoms with Crippen molar-refractivity contribution in [3.63, 3.8) is 0 Å². The Morgan fingerprint density at radius 3 is 1.43 bits per heavy atom. The largest absolute Gasteiger partial charge is 0.368 e. The van der Waals surface area contributed by atoms with E-state index >= 15 is 0 Å². The summed E-state index contributed by atoms with van der Waals surface area (Å²) in [5.41, 5.74) is 0. The first-order chi connectivity index (χ1) is 10.9. The van der Waals surface area contributed by atoms with E-state index in [1.54, 1.807) is 0 Å². The van der Waals surface area contributed by atoms with Gasteiger partial charge >= 0.3 is 15.2 Å². The molecule has 0 saturated heterocycles. The van der Waals surface area contributed by atoms with Gasteiger partial charge in [-0.05, 0) is 19.3 Å². The van der Waals surface area contributed by atoms with Crippen LogP contribution in [0.15, 0.2) is 11.6 Å². The molecule has 0 heterocycles. The van der Waals surface area contributed by atoms with Crippen LogP contribution < -0.4 is 0 Å². The molecule has 0 bridgehead atoms. The second-order valence-corrected chi connectivity index (χ2v) is 9.72. The third-order valence-electron chi connectivity index (χ3n) is 3.15. The SMILES string of the molecule is C=C(P(=O)(OC)OCCCC)P(=O)(OCCCC)OCCCC. The molecule has 0 aliphatic carbocycles. The maximum Gasteiger partial charge on any atom is 0.368 e. The molecule has 6 nitrogen and oxygen atoms in total. The molecule has 0 aromatic heterocycles. The molecule has 1 unspecified atom stereocenters. The summed E-state index contributed by atoms with van der Waals surface area (Å²) in [6.45, 7) is 10.4. The molecular formula is C15H32O6P2. The van der Waals surface area contributed by atoms with Gasteiger partial charge in [0.25, 0.3) is 0 Å². The van der Waals surface area contributed by atoms with Crippen molar-refractivity contribution in [1.82, 2.24) is 0 Å². The van der Waals surface area contributed by atoms with Crippen LogP contribution in [-0.2, 0) is 27.2 Å². The van der Waals surface area contributed by atoms with Crippen LogP contribution in [0.3, 0.4) is 0 Å². The lowest BCUT2D eigenvalue weighted by atomic mass is 10.4. The molecule has 138 valence electrons. The molecule has 0 aromatic carbocycles. The first kappa shape index (κ1) is 23.0. The highest BCUT2D eigenvalue weighted by Gasteiger charge is 2.43. The van der Waals surface area contributed by atoms with Crippen LogP contribution in [0.1, 0.15) is 59.3 Å². The molecule has 0 rings (SSSR count). The quantitative estimate of drug-likeness (QED) is 0.262. The van der Waals surface area contributed by atoms with Crippen molar-refractivity contribution in [3.05, 3.63) is 11.6 Å². The molecule has 0 aromatic rings. The number of unbranched alkanes of at least 4 members (excludes halogenated alkanes) is 3. The number of rotatable bonds is 15. The molecule has 0 spiro atoms. The third kappa shape index (κ3) is 8.11. The lowest BCUT2D eigenvalue weighted by Gasteiger charge is -2.25. The van der Waals surface area contributed by atoms with Crippen LogP contribution in [0.25, 0.3) is 0 Å². The minimum atomic E-state index is -3.76. The monoisotopic (exact) mass is 370 g/mol. The first-order valence-corrected chi connectivity index (χ1v) is 11.4. The van der Waals surface area contributed by atoms with Gasteiger partial charge in [-0.15, -0.1) is 0 Å². The molecular weight excluding hydrogens is 338 g/mol. The minimum Gasteiger partial charge on any atom is -0.308 e. The zero-order valence-electron chi connectivity index (χ0n) is 14.9. The molecule has 23 heavy (non-hydrogen) atoms. The van der Waals surface area contributed by atoms with E-state index in [0.717, 1.165) is 38.5 Å². The van der Waals surface area contributed by atoms with Gasteiger partial charge in [0, 0.05) is 7.11 Å². The molecule has 0 fully saturated rings. The zero-order valence-corrected chi connectivity index (χ0v) is 16.7. The maximum absolute atomic E-state index is 13.0. The molecule has 0 amide bonds. The van der Waals surface area contributed by atoms with E-state index in [4.69, 9.17) is 18.1 Å². The van der Waals surface area contributed by atoms with Gasteiger partial charge in [-0.25, -0.2) is 0 Å². The van der Waals surface area contributed by atoms with Gasteiger partial charge in [-0.3, -0.25) is 9.13 Å². The Kier molecular flexibility index (Phi) is 12.4. The summed E-state index contributed by atoms with van der Waals surface area (Å²) in [4.78, 5) is 0. The van der Waals surface area contributed by atoms with E-state index in [9.17, 15) is 9.13 Å². The Labute approximate surface area is 141 Å². The van der Waals surface area contributed by atoms with E-state index in [0.29, 0.717) is 0 Å². The predicted octanol–water partition coefficient (Wildman–Crippen LogP) is 5.94. The van der Waals surface area contributed by atoms with Crippen molar-refractivity contribution < 1.29 is 27.2 Å². The van der Waals surface area contributed by atoms with Gasteiger partial charge in [0.1, 0.15) is 5.06 Å². The summed E-state index contributed by atoms with van der Waals surface area (Å²) >= 11 is 0. The second kappa shape index (κ2) is 12.4. The fourth-order valence-corrected chi connectivity index (χ4v) is 5.47. The maximum atomic E-state index is 13.0. The van der Waals surface area contributed by atoms with Crippen molar-refractivity contribution in [2.75, 3.05) is 26.9 Å². The smallest absolute Gasteiger partial charge is 0.308 e. The first-order valence-electron chi connectivity index (χ1n) is 8.29. The van der Waals surface area contributed by atoms with Gasteiger partial charge in [-0.2, -0.15) is 0 Å². The van der Waals surface area contributed by atoms with Crippen molar-refractivity contribution in [2.45, 2.75) is 59.3 Å². The Bertz CT molecular complexity index is 410. The van der Waals surface area contributed by atoms with Gasteiger partial charge in [0.2, 0.25) is 0 Å². The summed E-state index contributed by atoms with van der Waals surface area (Å²) in [6.07, 6.45) is 4.82. The van der Waals surface area contributed by atoms with E-state index in [1.165, 1.54) is 7.11 Å². The van der Waals surface area contributed by atoms with Crippen molar-refractivity contribution in [2.24, 2.45) is 0 Å². The Morgan fingerprint density at radius 2 is 1.13 bits per heavy atom. The highest BCUT2D eigenvalue weighted by molar-refractivity contribution is 7.78. The second-order valence-electron chi connectivity index (χ2n) is 5.15. The zero-order chi connectivity index (χ0) is 17.8. The number of hydrogen-bond acceptors (Lipinski definition) is 6. The fraction of sp³-hybridized carbons (Fsp3) is 0.867. The summed E-state index contributed by atoms with van der Waals surface area (Å²) in [5.74, 6) is 0. The van der Waals surface area contributed by atoms with Gasteiger partial charge in [0.15, 0.2) is 0 Å². The molecule has 0 N–H and O–H groups in total. The lowest BCUT2D eigenvalue weighted by Crippen LogP contribution is -2.05. The topological polar surface area (TPSA) is 71.1 Å². The third-order valence-corrected chi connectivity index (χ3v) is 7.93. The number of hydrogen-bond donors (Lipinski definition) is 0. The average Bonchev–Trinajstić information content (AvgIpc) is 2.54. The minimum absolute atomic E-state index is 0.212. The van der Waals surface area contributed by atoms with E-state index < -0.39 is 15.2 Å². The Balaban J connectivity index is 5.11. The Hall–Kier alpha value is 0.0400. The highest BCUT2D eigenvalue weighted by atomic mass is 31.2. The van der Waals surface area contributed by atoms with E-state index in [1.807, 2.05) is 20.8 Å². The van der Waals surface area contributed by atoms with E-state index in [2.05, 4.69) is 6.58 Å². The van der Waals surface area contributed by atoms with Crippen LogP contribution in [-0.4, -0.2) is 26.9 Å². The molecule has 0 radical (unpaired) electrons. The molecule has 0 saturated carbocycles. The van der Waals surface area contributed by atoms with Crippen molar-refractivity contribution in [1.29, 1.82) is 0 Å². The van der Waals surface area contributed by atoms with Crippen LogP contribution in [0.2, 0.25) is 0 Å².